The van der Waals surface area contributed by atoms with Crippen LogP contribution in [0.2, 0.25) is 5.02 Å². The number of aldehydes is 1. The van der Waals surface area contributed by atoms with E-state index >= 15 is 0 Å². The van der Waals surface area contributed by atoms with Crippen molar-refractivity contribution in [3.05, 3.63) is 23.2 Å². The van der Waals surface area contributed by atoms with Gasteiger partial charge in [-0.2, -0.15) is 0 Å². The number of benzene rings is 1. The standard InChI is InChI=1S/C14H19ClN2O2/c1-11(10-18)16-5-7-17(8-6-16)12-3-4-13(15)14(9-12)19-2/h3-4,9-11H,5-8H2,1-2H3. The van der Waals surface area contributed by atoms with E-state index in [1.807, 2.05) is 25.1 Å². The number of carbonyl (C=O) groups is 1. The highest BCUT2D eigenvalue weighted by Crippen LogP contribution is 2.29. The Morgan fingerprint density at radius 3 is 2.58 bits per heavy atom. The molecule has 0 aromatic heterocycles. The minimum absolute atomic E-state index is 0.00176. The molecule has 0 amide bonds. The van der Waals surface area contributed by atoms with Crippen molar-refractivity contribution in [1.29, 1.82) is 0 Å². The lowest BCUT2D eigenvalue weighted by Gasteiger charge is -2.37. The first-order valence-electron chi connectivity index (χ1n) is 6.43. The fourth-order valence-corrected chi connectivity index (χ4v) is 2.51. The van der Waals surface area contributed by atoms with Gasteiger partial charge in [-0.1, -0.05) is 11.6 Å². The minimum atomic E-state index is 0.00176. The first-order chi connectivity index (χ1) is 9.15. The largest absolute Gasteiger partial charge is 0.495 e. The van der Waals surface area contributed by atoms with Crippen LogP contribution in [0.25, 0.3) is 0 Å². The second-order valence-electron chi connectivity index (χ2n) is 4.72. The van der Waals surface area contributed by atoms with E-state index in [9.17, 15) is 4.79 Å². The normalized spacial score (nSPS) is 18.2. The monoisotopic (exact) mass is 282 g/mol. The number of hydrogen-bond donors (Lipinski definition) is 0. The summed E-state index contributed by atoms with van der Waals surface area (Å²) in [5.74, 6) is 0.697. The average molecular weight is 283 g/mol. The number of methoxy groups -OCH3 is 1. The molecular weight excluding hydrogens is 264 g/mol. The third-order valence-electron chi connectivity index (χ3n) is 3.59. The Labute approximate surface area is 118 Å². The molecule has 1 unspecified atom stereocenters. The smallest absolute Gasteiger partial charge is 0.139 e. The van der Waals surface area contributed by atoms with Gasteiger partial charge in [0.25, 0.3) is 0 Å². The van der Waals surface area contributed by atoms with Crippen LogP contribution >= 0.6 is 11.6 Å². The first-order valence-corrected chi connectivity index (χ1v) is 6.81. The number of ether oxygens (including phenoxy) is 1. The summed E-state index contributed by atoms with van der Waals surface area (Å²) in [7, 11) is 1.62. The van der Waals surface area contributed by atoms with Gasteiger partial charge in [-0.3, -0.25) is 4.90 Å². The molecule has 0 N–H and O–H groups in total. The molecule has 1 aromatic carbocycles. The third-order valence-corrected chi connectivity index (χ3v) is 3.90. The zero-order chi connectivity index (χ0) is 13.8. The summed E-state index contributed by atoms with van der Waals surface area (Å²) in [6.07, 6.45) is 1.00. The Balaban J connectivity index is 2.03. The highest BCUT2D eigenvalue weighted by molar-refractivity contribution is 6.32. The Morgan fingerprint density at radius 2 is 2.00 bits per heavy atom. The fraction of sp³-hybridized carbons (Fsp3) is 0.500. The van der Waals surface area contributed by atoms with Crippen molar-refractivity contribution in [2.75, 3.05) is 38.2 Å². The van der Waals surface area contributed by atoms with E-state index < -0.39 is 0 Å². The van der Waals surface area contributed by atoms with Crippen LogP contribution in [0.4, 0.5) is 5.69 Å². The lowest BCUT2D eigenvalue weighted by molar-refractivity contribution is -0.112. The zero-order valence-corrected chi connectivity index (χ0v) is 12.1. The Morgan fingerprint density at radius 1 is 1.32 bits per heavy atom. The first kappa shape index (κ1) is 14.2. The topological polar surface area (TPSA) is 32.8 Å². The molecule has 1 fully saturated rings. The van der Waals surface area contributed by atoms with Gasteiger partial charge in [0, 0.05) is 37.9 Å². The van der Waals surface area contributed by atoms with E-state index in [0.29, 0.717) is 10.8 Å². The number of halogens is 1. The minimum Gasteiger partial charge on any atom is -0.495 e. The Bertz CT molecular complexity index is 445. The van der Waals surface area contributed by atoms with Crippen LogP contribution in [0.15, 0.2) is 18.2 Å². The van der Waals surface area contributed by atoms with Crippen LogP contribution in [-0.4, -0.2) is 50.5 Å². The molecule has 0 bridgehead atoms. The number of carbonyl (C=O) groups excluding carboxylic acids is 1. The van der Waals surface area contributed by atoms with Crippen LogP contribution in [-0.2, 0) is 4.79 Å². The molecule has 104 valence electrons. The van der Waals surface area contributed by atoms with Gasteiger partial charge >= 0.3 is 0 Å². The predicted octanol–water partition coefficient (Wildman–Crippen LogP) is 2.06. The molecule has 5 heteroatoms. The maximum atomic E-state index is 10.8. The van der Waals surface area contributed by atoms with Crippen molar-refractivity contribution >= 4 is 23.6 Å². The van der Waals surface area contributed by atoms with Gasteiger partial charge in [0.1, 0.15) is 12.0 Å². The number of nitrogens with zero attached hydrogens (tertiary/aromatic N) is 2. The SMILES string of the molecule is COc1cc(N2CCN(C(C)C=O)CC2)ccc1Cl. The average Bonchev–Trinajstić information content (AvgIpc) is 2.47. The summed E-state index contributed by atoms with van der Waals surface area (Å²) < 4.78 is 5.24. The Hall–Kier alpha value is -1.26. The highest BCUT2D eigenvalue weighted by atomic mass is 35.5. The maximum absolute atomic E-state index is 10.8. The second-order valence-corrected chi connectivity index (χ2v) is 5.13. The molecule has 1 aliphatic heterocycles. The van der Waals surface area contributed by atoms with Gasteiger partial charge in [-0.25, -0.2) is 0 Å². The van der Waals surface area contributed by atoms with Crippen LogP contribution in [0, 0.1) is 0 Å². The number of piperazine rings is 1. The molecule has 0 radical (unpaired) electrons. The summed E-state index contributed by atoms with van der Waals surface area (Å²) in [5.41, 5.74) is 1.11. The molecule has 0 saturated carbocycles. The van der Waals surface area contributed by atoms with E-state index in [0.717, 1.165) is 38.2 Å². The van der Waals surface area contributed by atoms with Crippen molar-refractivity contribution < 1.29 is 9.53 Å². The van der Waals surface area contributed by atoms with E-state index in [-0.39, 0.29) is 6.04 Å². The summed E-state index contributed by atoms with van der Waals surface area (Å²) >= 11 is 6.03. The maximum Gasteiger partial charge on any atom is 0.139 e. The lowest BCUT2D eigenvalue weighted by Crippen LogP contribution is -2.50. The van der Waals surface area contributed by atoms with Crippen LogP contribution < -0.4 is 9.64 Å². The van der Waals surface area contributed by atoms with Crippen molar-refractivity contribution in [3.63, 3.8) is 0 Å². The summed E-state index contributed by atoms with van der Waals surface area (Å²) in [6, 6.07) is 5.82. The Kier molecular flexibility index (Phi) is 4.66. The molecule has 2 rings (SSSR count). The lowest BCUT2D eigenvalue weighted by atomic mass is 10.2. The molecule has 19 heavy (non-hydrogen) atoms. The molecular formula is C14H19ClN2O2. The van der Waals surface area contributed by atoms with Crippen LogP contribution in [0.5, 0.6) is 5.75 Å². The fourth-order valence-electron chi connectivity index (χ4n) is 2.32. The zero-order valence-electron chi connectivity index (χ0n) is 11.3. The van der Waals surface area contributed by atoms with Gasteiger partial charge < -0.3 is 14.4 Å². The third kappa shape index (κ3) is 3.19. The number of hydrogen-bond acceptors (Lipinski definition) is 4. The number of anilines is 1. The molecule has 1 aliphatic rings. The quantitative estimate of drug-likeness (QED) is 0.792. The van der Waals surface area contributed by atoms with E-state index in [2.05, 4.69) is 9.80 Å². The van der Waals surface area contributed by atoms with Crippen molar-refractivity contribution in [2.24, 2.45) is 0 Å². The summed E-state index contributed by atoms with van der Waals surface area (Å²) in [6.45, 7) is 5.54. The highest BCUT2D eigenvalue weighted by Gasteiger charge is 2.21. The molecule has 1 aromatic rings. The molecule has 0 aliphatic carbocycles. The van der Waals surface area contributed by atoms with Gasteiger partial charge in [-0.05, 0) is 19.1 Å². The van der Waals surface area contributed by atoms with Crippen LogP contribution in [0.1, 0.15) is 6.92 Å². The van der Waals surface area contributed by atoms with Crippen molar-refractivity contribution in [2.45, 2.75) is 13.0 Å². The summed E-state index contributed by atoms with van der Waals surface area (Å²) in [4.78, 5) is 15.3. The van der Waals surface area contributed by atoms with E-state index in [1.54, 1.807) is 7.11 Å². The van der Waals surface area contributed by atoms with E-state index in [4.69, 9.17) is 16.3 Å². The van der Waals surface area contributed by atoms with Gasteiger partial charge in [0.2, 0.25) is 0 Å². The van der Waals surface area contributed by atoms with Crippen molar-refractivity contribution in [1.82, 2.24) is 4.90 Å². The molecule has 0 spiro atoms. The van der Waals surface area contributed by atoms with Gasteiger partial charge in [0.05, 0.1) is 18.2 Å². The van der Waals surface area contributed by atoms with Gasteiger partial charge in [0.15, 0.2) is 0 Å². The molecule has 4 nitrogen and oxygen atoms in total. The molecule has 1 saturated heterocycles. The number of rotatable bonds is 4. The second kappa shape index (κ2) is 6.26. The molecule has 1 atom stereocenters. The molecule has 1 heterocycles. The predicted molar refractivity (Wildman–Crippen MR) is 77.3 cm³/mol. The van der Waals surface area contributed by atoms with Crippen molar-refractivity contribution in [3.8, 4) is 5.75 Å². The van der Waals surface area contributed by atoms with Crippen LogP contribution in [0.3, 0.4) is 0 Å². The summed E-state index contributed by atoms with van der Waals surface area (Å²) in [5, 5.41) is 0.625. The van der Waals surface area contributed by atoms with E-state index in [1.165, 1.54) is 0 Å². The van der Waals surface area contributed by atoms with Gasteiger partial charge in [-0.15, -0.1) is 0 Å².